The normalized spacial score (nSPS) is 15.3. The molecular formula is C23H29N3O4. The summed E-state index contributed by atoms with van der Waals surface area (Å²) < 4.78 is 10.7. The number of hydrogen-bond acceptors (Lipinski definition) is 6. The van der Waals surface area contributed by atoms with E-state index in [0.717, 1.165) is 24.3 Å². The van der Waals surface area contributed by atoms with Gasteiger partial charge in [0.25, 0.3) is 5.91 Å². The van der Waals surface area contributed by atoms with Crippen molar-refractivity contribution < 1.29 is 19.1 Å². The lowest BCUT2D eigenvalue weighted by molar-refractivity contribution is -0.131. The Kier molecular flexibility index (Phi) is 7.43. The molecule has 0 aliphatic carbocycles. The number of esters is 1. The molecule has 3 rings (SSSR count). The molecule has 0 aromatic heterocycles. The monoisotopic (exact) mass is 411 g/mol. The molecule has 0 radical (unpaired) electrons. The number of para-hydroxylation sites is 1. The Bertz CT molecular complexity index is 861. The Hall–Kier alpha value is -2.90. The molecule has 1 heterocycles. The lowest BCUT2D eigenvalue weighted by Crippen LogP contribution is -2.43. The zero-order valence-corrected chi connectivity index (χ0v) is 17.8. The highest BCUT2D eigenvalue weighted by Gasteiger charge is 2.24. The van der Waals surface area contributed by atoms with Crippen LogP contribution in [-0.2, 0) is 9.53 Å². The number of benzene rings is 2. The van der Waals surface area contributed by atoms with Crippen molar-refractivity contribution in [3.05, 3.63) is 59.7 Å². The second-order valence-corrected chi connectivity index (χ2v) is 7.45. The van der Waals surface area contributed by atoms with Gasteiger partial charge in [0.05, 0.1) is 24.8 Å². The van der Waals surface area contributed by atoms with Crippen molar-refractivity contribution in [1.29, 1.82) is 0 Å². The van der Waals surface area contributed by atoms with Crippen molar-refractivity contribution in [3.63, 3.8) is 0 Å². The topological polar surface area (TPSA) is 71.1 Å². The largest absolute Gasteiger partial charge is 0.426 e. The number of rotatable bonds is 7. The van der Waals surface area contributed by atoms with Gasteiger partial charge in [0.1, 0.15) is 5.75 Å². The highest BCUT2D eigenvalue weighted by Crippen LogP contribution is 2.24. The van der Waals surface area contributed by atoms with E-state index in [4.69, 9.17) is 9.47 Å². The van der Waals surface area contributed by atoms with E-state index in [9.17, 15) is 9.59 Å². The van der Waals surface area contributed by atoms with Gasteiger partial charge < -0.3 is 19.7 Å². The second kappa shape index (κ2) is 10.2. The van der Waals surface area contributed by atoms with Crippen molar-refractivity contribution in [2.75, 3.05) is 51.8 Å². The maximum Gasteiger partial charge on any atom is 0.308 e. The van der Waals surface area contributed by atoms with Crippen LogP contribution in [0.4, 0.5) is 5.69 Å². The van der Waals surface area contributed by atoms with Gasteiger partial charge in [0, 0.05) is 46.3 Å². The van der Waals surface area contributed by atoms with Gasteiger partial charge >= 0.3 is 5.97 Å². The predicted octanol–water partition coefficient (Wildman–Crippen LogP) is 2.48. The molecule has 0 unspecified atom stereocenters. The minimum atomic E-state index is -0.456. The third-order valence-electron chi connectivity index (χ3n) is 5.12. The molecule has 30 heavy (non-hydrogen) atoms. The van der Waals surface area contributed by atoms with Crippen LogP contribution in [0.1, 0.15) is 28.9 Å². The molecule has 7 heteroatoms. The molecular weight excluding hydrogens is 382 g/mol. The number of carbonyl (C=O) groups excluding carboxylic acids is 2. The number of morpholine rings is 1. The van der Waals surface area contributed by atoms with Gasteiger partial charge in [0.15, 0.2) is 0 Å². The quantitative estimate of drug-likeness (QED) is 0.558. The number of hydrogen-bond donors (Lipinski definition) is 1. The SMILES string of the molecule is CC(=O)Oc1ccccc1C(=O)NC[C@@H](c1ccc(N(C)C)cc1)N1CCOCC1. The molecule has 1 saturated heterocycles. The molecule has 1 atom stereocenters. The highest BCUT2D eigenvalue weighted by molar-refractivity contribution is 5.97. The molecule has 1 aliphatic rings. The van der Waals surface area contributed by atoms with E-state index in [-0.39, 0.29) is 17.7 Å². The molecule has 160 valence electrons. The molecule has 1 amide bonds. The van der Waals surface area contributed by atoms with E-state index in [1.807, 2.05) is 14.1 Å². The Morgan fingerprint density at radius 2 is 1.77 bits per heavy atom. The molecule has 1 N–H and O–H groups in total. The summed E-state index contributed by atoms with van der Waals surface area (Å²) in [4.78, 5) is 28.6. The minimum Gasteiger partial charge on any atom is -0.426 e. The van der Waals surface area contributed by atoms with E-state index in [0.29, 0.717) is 25.3 Å². The predicted molar refractivity (Wildman–Crippen MR) is 116 cm³/mol. The second-order valence-electron chi connectivity index (χ2n) is 7.45. The van der Waals surface area contributed by atoms with E-state index < -0.39 is 5.97 Å². The average molecular weight is 412 g/mol. The maximum atomic E-state index is 12.9. The molecule has 0 bridgehead atoms. The first-order valence-electron chi connectivity index (χ1n) is 10.1. The summed E-state index contributed by atoms with van der Waals surface area (Å²) >= 11 is 0. The first-order chi connectivity index (χ1) is 14.5. The van der Waals surface area contributed by atoms with Crippen LogP contribution < -0.4 is 15.0 Å². The molecule has 1 fully saturated rings. The molecule has 0 saturated carbocycles. The summed E-state index contributed by atoms with van der Waals surface area (Å²) in [7, 11) is 4.02. The summed E-state index contributed by atoms with van der Waals surface area (Å²) in [6.45, 7) is 4.72. The van der Waals surface area contributed by atoms with Gasteiger partial charge in [-0.1, -0.05) is 24.3 Å². The summed E-state index contributed by atoms with van der Waals surface area (Å²) in [5.74, 6) is -0.460. The van der Waals surface area contributed by atoms with E-state index in [1.54, 1.807) is 24.3 Å². The fourth-order valence-electron chi connectivity index (χ4n) is 3.52. The zero-order valence-electron chi connectivity index (χ0n) is 17.8. The number of amides is 1. The smallest absolute Gasteiger partial charge is 0.308 e. The lowest BCUT2D eigenvalue weighted by Gasteiger charge is -2.35. The first-order valence-corrected chi connectivity index (χ1v) is 10.1. The van der Waals surface area contributed by atoms with Crippen LogP contribution >= 0.6 is 0 Å². The van der Waals surface area contributed by atoms with Crippen LogP contribution in [0.15, 0.2) is 48.5 Å². The van der Waals surface area contributed by atoms with Crippen LogP contribution in [0, 0.1) is 0 Å². The van der Waals surface area contributed by atoms with Crippen LogP contribution in [0.3, 0.4) is 0 Å². The average Bonchev–Trinajstić information content (AvgIpc) is 2.75. The molecule has 2 aromatic carbocycles. The maximum absolute atomic E-state index is 12.9. The Morgan fingerprint density at radius 3 is 2.40 bits per heavy atom. The van der Waals surface area contributed by atoms with Crippen molar-refractivity contribution in [2.24, 2.45) is 0 Å². The van der Waals surface area contributed by atoms with Crippen molar-refractivity contribution in [2.45, 2.75) is 13.0 Å². The third-order valence-corrected chi connectivity index (χ3v) is 5.12. The molecule has 7 nitrogen and oxygen atoms in total. The first kappa shape index (κ1) is 21.8. The van der Waals surface area contributed by atoms with Crippen molar-refractivity contribution >= 4 is 17.6 Å². The summed E-state index contributed by atoms with van der Waals surface area (Å²) in [6, 6.07) is 15.2. The van der Waals surface area contributed by atoms with Crippen LogP contribution in [0.25, 0.3) is 0 Å². The summed E-state index contributed by atoms with van der Waals surface area (Å²) in [5, 5.41) is 3.02. The van der Waals surface area contributed by atoms with Crippen molar-refractivity contribution in [3.8, 4) is 5.75 Å². The minimum absolute atomic E-state index is 0.0231. The number of carbonyl (C=O) groups is 2. The zero-order chi connectivity index (χ0) is 21.5. The molecule has 2 aromatic rings. The number of anilines is 1. The van der Waals surface area contributed by atoms with Gasteiger partial charge in [-0.3, -0.25) is 14.5 Å². The number of nitrogens with one attached hydrogen (secondary N) is 1. The van der Waals surface area contributed by atoms with Gasteiger partial charge in [0.2, 0.25) is 0 Å². The van der Waals surface area contributed by atoms with E-state index in [2.05, 4.69) is 39.4 Å². The Labute approximate surface area is 177 Å². The number of nitrogens with zero attached hydrogens (tertiary/aromatic N) is 2. The highest BCUT2D eigenvalue weighted by atomic mass is 16.5. The fraction of sp³-hybridized carbons (Fsp3) is 0.391. The standard InChI is InChI=1S/C23H29N3O4/c1-17(27)30-22-7-5-4-6-20(22)23(28)24-16-21(26-12-14-29-15-13-26)18-8-10-19(11-9-18)25(2)3/h4-11,21H,12-16H2,1-3H3,(H,24,28)/t21-/m0/s1. The molecule has 1 aliphatic heterocycles. The summed E-state index contributed by atoms with van der Waals surface area (Å²) in [6.07, 6.45) is 0. The van der Waals surface area contributed by atoms with E-state index >= 15 is 0 Å². The van der Waals surface area contributed by atoms with Gasteiger partial charge in [-0.15, -0.1) is 0 Å². The van der Waals surface area contributed by atoms with E-state index in [1.165, 1.54) is 6.92 Å². The third kappa shape index (κ3) is 5.58. The summed E-state index contributed by atoms with van der Waals surface area (Å²) in [5.41, 5.74) is 2.60. The van der Waals surface area contributed by atoms with Gasteiger partial charge in [-0.2, -0.15) is 0 Å². The lowest BCUT2D eigenvalue weighted by atomic mass is 10.0. The van der Waals surface area contributed by atoms with Crippen molar-refractivity contribution in [1.82, 2.24) is 10.2 Å². The Morgan fingerprint density at radius 1 is 1.10 bits per heavy atom. The number of ether oxygens (including phenoxy) is 2. The van der Waals surface area contributed by atoms with Crippen LogP contribution in [0.2, 0.25) is 0 Å². The molecule has 0 spiro atoms. The van der Waals surface area contributed by atoms with Crippen LogP contribution in [-0.4, -0.2) is 63.7 Å². The van der Waals surface area contributed by atoms with Gasteiger partial charge in [-0.05, 0) is 29.8 Å². The van der Waals surface area contributed by atoms with Crippen LogP contribution in [0.5, 0.6) is 5.75 Å². The Balaban J connectivity index is 1.77. The van der Waals surface area contributed by atoms with Gasteiger partial charge in [-0.25, -0.2) is 0 Å². The fourth-order valence-corrected chi connectivity index (χ4v) is 3.52.